The molecule has 0 unspecified atom stereocenters. The third-order valence-corrected chi connectivity index (χ3v) is 2.88. The summed E-state index contributed by atoms with van der Waals surface area (Å²) in [6, 6.07) is 7.32. The summed E-state index contributed by atoms with van der Waals surface area (Å²) in [5.41, 5.74) is 6.24. The Balaban J connectivity index is 2.21. The number of carbonyl (C=O) groups excluding carboxylic acids is 1. The Morgan fingerprint density at radius 2 is 2.19 bits per heavy atom. The Labute approximate surface area is 95.7 Å². The lowest BCUT2D eigenvalue weighted by molar-refractivity contribution is 0.103. The van der Waals surface area contributed by atoms with Crippen LogP contribution in [0.25, 0.3) is 0 Å². The summed E-state index contributed by atoms with van der Waals surface area (Å²) in [5.74, 6) is -0.719. The highest BCUT2D eigenvalue weighted by Gasteiger charge is 2.09. The molecule has 1 aromatic carbocycles. The maximum absolute atomic E-state index is 12.9. The van der Waals surface area contributed by atoms with Crippen molar-refractivity contribution < 1.29 is 9.18 Å². The molecule has 82 valence electrons. The van der Waals surface area contributed by atoms with Crippen molar-refractivity contribution in [3.63, 3.8) is 0 Å². The number of rotatable bonds is 2. The molecule has 0 bridgehead atoms. The molecule has 0 radical (unpaired) electrons. The molecule has 0 saturated heterocycles. The Hall–Kier alpha value is -1.88. The lowest BCUT2D eigenvalue weighted by atomic mass is 10.2. The largest absolute Gasteiger partial charge is 0.397 e. The molecule has 0 atom stereocenters. The number of benzene rings is 1. The molecule has 1 heterocycles. The van der Waals surface area contributed by atoms with E-state index >= 15 is 0 Å². The van der Waals surface area contributed by atoms with Crippen LogP contribution >= 0.6 is 11.3 Å². The van der Waals surface area contributed by atoms with Crippen LogP contribution in [0, 0.1) is 5.82 Å². The Morgan fingerprint density at radius 3 is 2.88 bits per heavy atom. The molecule has 0 saturated carbocycles. The summed E-state index contributed by atoms with van der Waals surface area (Å²) in [4.78, 5) is 12.2. The summed E-state index contributed by atoms with van der Waals surface area (Å²) in [5, 5.41) is 4.36. The van der Waals surface area contributed by atoms with Crippen molar-refractivity contribution in [2.75, 3.05) is 11.1 Å². The maximum atomic E-state index is 12.9. The lowest BCUT2D eigenvalue weighted by Crippen LogP contribution is -2.11. The summed E-state index contributed by atoms with van der Waals surface area (Å²) >= 11 is 1.31. The van der Waals surface area contributed by atoms with Gasteiger partial charge in [0, 0.05) is 0 Å². The first kappa shape index (κ1) is 10.6. The second-order valence-corrected chi connectivity index (χ2v) is 4.11. The first-order valence-electron chi connectivity index (χ1n) is 4.56. The van der Waals surface area contributed by atoms with E-state index in [0.29, 0.717) is 16.3 Å². The van der Waals surface area contributed by atoms with Gasteiger partial charge in [0.05, 0.1) is 16.3 Å². The van der Waals surface area contributed by atoms with Gasteiger partial charge >= 0.3 is 0 Å². The number of nitrogens with one attached hydrogen (secondary N) is 1. The van der Waals surface area contributed by atoms with Crippen LogP contribution < -0.4 is 11.1 Å². The van der Waals surface area contributed by atoms with E-state index in [1.165, 1.54) is 29.5 Å². The predicted octanol–water partition coefficient (Wildman–Crippen LogP) is 2.72. The van der Waals surface area contributed by atoms with Crippen LogP contribution in [0.4, 0.5) is 15.8 Å². The van der Waals surface area contributed by atoms with Crippen molar-refractivity contribution in [3.05, 3.63) is 46.4 Å². The monoisotopic (exact) mass is 236 g/mol. The molecule has 0 aliphatic carbocycles. The minimum absolute atomic E-state index is 0.285. The Kier molecular flexibility index (Phi) is 2.87. The van der Waals surface area contributed by atoms with Gasteiger partial charge in [-0.05, 0) is 29.6 Å². The third kappa shape index (κ3) is 2.20. The molecule has 16 heavy (non-hydrogen) atoms. The van der Waals surface area contributed by atoms with Crippen LogP contribution in [0.3, 0.4) is 0 Å². The molecule has 3 N–H and O–H groups in total. The highest BCUT2D eigenvalue weighted by atomic mass is 32.1. The van der Waals surface area contributed by atoms with Crippen LogP contribution in [0.5, 0.6) is 0 Å². The van der Waals surface area contributed by atoms with Crippen molar-refractivity contribution in [2.45, 2.75) is 0 Å². The van der Waals surface area contributed by atoms with Crippen molar-refractivity contribution >= 4 is 28.6 Å². The first-order chi connectivity index (χ1) is 7.66. The minimum Gasteiger partial charge on any atom is -0.397 e. The fourth-order valence-corrected chi connectivity index (χ4v) is 1.85. The van der Waals surface area contributed by atoms with E-state index in [9.17, 15) is 9.18 Å². The second-order valence-electron chi connectivity index (χ2n) is 3.16. The molecule has 0 spiro atoms. The standard InChI is InChI=1S/C11H9FN2OS/c12-7-3-4-8(13)9(6-7)14-11(15)10-2-1-5-16-10/h1-6H,13H2,(H,14,15). The van der Waals surface area contributed by atoms with E-state index in [4.69, 9.17) is 5.73 Å². The molecule has 2 aromatic rings. The average molecular weight is 236 g/mol. The summed E-state index contributed by atoms with van der Waals surface area (Å²) in [7, 11) is 0. The number of hydrogen-bond acceptors (Lipinski definition) is 3. The zero-order chi connectivity index (χ0) is 11.5. The number of nitrogens with two attached hydrogens (primary N) is 1. The molecule has 0 aliphatic rings. The summed E-state index contributed by atoms with van der Waals surface area (Å²) < 4.78 is 12.9. The quantitative estimate of drug-likeness (QED) is 0.788. The number of amides is 1. The summed E-state index contributed by atoms with van der Waals surface area (Å²) in [6.07, 6.45) is 0. The van der Waals surface area contributed by atoms with Gasteiger partial charge in [-0.15, -0.1) is 11.3 Å². The van der Waals surface area contributed by atoms with Crippen molar-refractivity contribution in [3.8, 4) is 0 Å². The molecule has 1 amide bonds. The molecular formula is C11H9FN2OS. The lowest BCUT2D eigenvalue weighted by Gasteiger charge is -2.06. The molecule has 5 heteroatoms. The molecule has 2 rings (SSSR count). The van der Waals surface area contributed by atoms with E-state index in [1.807, 2.05) is 0 Å². The molecule has 1 aromatic heterocycles. The summed E-state index contributed by atoms with van der Waals surface area (Å²) in [6.45, 7) is 0. The second kappa shape index (κ2) is 4.32. The van der Waals surface area contributed by atoms with Crippen LogP contribution in [0.15, 0.2) is 35.7 Å². The zero-order valence-electron chi connectivity index (χ0n) is 8.24. The number of halogens is 1. The number of hydrogen-bond donors (Lipinski definition) is 2. The normalized spacial score (nSPS) is 10.1. The van der Waals surface area contributed by atoms with E-state index in [1.54, 1.807) is 17.5 Å². The van der Waals surface area contributed by atoms with E-state index in [2.05, 4.69) is 5.32 Å². The molecule has 0 fully saturated rings. The fourth-order valence-electron chi connectivity index (χ4n) is 1.23. The van der Waals surface area contributed by atoms with Crippen molar-refractivity contribution in [2.24, 2.45) is 0 Å². The van der Waals surface area contributed by atoms with Gasteiger partial charge in [-0.3, -0.25) is 4.79 Å². The van der Waals surface area contributed by atoms with Gasteiger partial charge in [0.15, 0.2) is 0 Å². The van der Waals surface area contributed by atoms with Crippen LogP contribution in [-0.4, -0.2) is 5.91 Å². The smallest absolute Gasteiger partial charge is 0.265 e. The van der Waals surface area contributed by atoms with Gasteiger partial charge in [-0.1, -0.05) is 6.07 Å². The fraction of sp³-hybridized carbons (Fsp3) is 0. The predicted molar refractivity (Wildman–Crippen MR) is 63.1 cm³/mol. The van der Waals surface area contributed by atoms with Gasteiger partial charge in [-0.2, -0.15) is 0 Å². The van der Waals surface area contributed by atoms with E-state index in [0.717, 1.165) is 0 Å². The van der Waals surface area contributed by atoms with Crippen molar-refractivity contribution in [1.82, 2.24) is 0 Å². The number of thiophene rings is 1. The SMILES string of the molecule is Nc1ccc(F)cc1NC(=O)c1cccs1. The molecule has 0 aliphatic heterocycles. The van der Waals surface area contributed by atoms with Gasteiger partial charge < -0.3 is 11.1 Å². The number of carbonyl (C=O) groups is 1. The van der Waals surface area contributed by atoms with Gasteiger partial charge in [0.1, 0.15) is 5.82 Å². The Bertz CT molecular complexity index is 511. The topological polar surface area (TPSA) is 55.1 Å². The van der Waals surface area contributed by atoms with E-state index < -0.39 is 5.82 Å². The van der Waals surface area contributed by atoms with Crippen LogP contribution in [0.2, 0.25) is 0 Å². The van der Waals surface area contributed by atoms with Gasteiger partial charge in [-0.25, -0.2) is 4.39 Å². The molecule has 3 nitrogen and oxygen atoms in total. The van der Waals surface area contributed by atoms with Crippen LogP contribution in [0.1, 0.15) is 9.67 Å². The highest BCUT2D eigenvalue weighted by Crippen LogP contribution is 2.20. The minimum atomic E-state index is -0.435. The van der Waals surface area contributed by atoms with Gasteiger partial charge in [0.2, 0.25) is 0 Å². The number of nitrogen functional groups attached to an aromatic ring is 1. The van der Waals surface area contributed by atoms with Crippen LogP contribution in [-0.2, 0) is 0 Å². The van der Waals surface area contributed by atoms with Crippen molar-refractivity contribution in [1.29, 1.82) is 0 Å². The zero-order valence-corrected chi connectivity index (χ0v) is 9.05. The van der Waals surface area contributed by atoms with E-state index in [-0.39, 0.29) is 5.91 Å². The maximum Gasteiger partial charge on any atom is 0.265 e. The van der Waals surface area contributed by atoms with Gasteiger partial charge in [0.25, 0.3) is 5.91 Å². The highest BCUT2D eigenvalue weighted by molar-refractivity contribution is 7.12. The first-order valence-corrected chi connectivity index (χ1v) is 5.44. The molecular weight excluding hydrogens is 227 g/mol. The third-order valence-electron chi connectivity index (χ3n) is 2.01. The average Bonchev–Trinajstić information content (AvgIpc) is 2.76. The number of anilines is 2. The Morgan fingerprint density at radius 1 is 1.38 bits per heavy atom.